The van der Waals surface area contributed by atoms with E-state index in [2.05, 4.69) is 10.4 Å². The Morgan fingerprint density at radius 2 is 1.60 bits per heavy atom. The summed E-state index contributed by atoms with van der Waals surface area (Å²) < 4.78 is 7.48. The number of ether oxygens (including phenoxy) is 1. The molecule has 3 aromatic carbocycles. The van der Waals surface area contributed by atoms with Crippen molar-refractivity contribution in [3.8, 4) is 11.5 Å². The maximum absolute atomic E-state index is 14.2. The first-order valence-corrected chi connectivity index (χ1v) is 15.0. The zero-order valence-corrected chi connectivity index (χ0v) is 24.0. The summed E-state index contributed by atoms with van der Waals surface area (Å²) in [6.45, 7) is -0.449. The van der Waals surface area contributed by atoms with E-state index in [1.807, 2.05) is 17.5 Å². The SMILES string of the molecule is O=C1c2c(c3c4ccc(O)cc4n(C4O[C@@H](CO)[C@H](O)[C@@H](O)[C@@H]4O)c3c3[nH]c4cc(O)ccc4c23)C(=O)N1NCc1cccs1. The van der Waals surface area contributed by atoms with Crippen LogP contribution in [0.25, 0.3) is 43.6 Å². The van der Waals surface area contributed by atoms with Gasteiger partial charge in [0.1, 0.15) is 35.9 Å². The lowest BCUT2D eigenvalue weighted by atomic mass is 9.96. The van der Waals surface area contributed by atoms with E-state index in [0.29, 0.717) is 38.1 Å². The van der Waals surface area contributed by atoms with E-state index in [0.717, 1.165) is 9.89 Å². The van der Waals surface area contributed by atoms with Crippen molar-refractivity contribution in [2.45, 2.75) is 37.2 Å². The fraction of sp³-hybridized carbons (Fsp3) is 0.226. The highest BCUT2D eigenvalue weighted by Crippen LogP contribution is 2.47. The molecule has 1 fully saturated rings. The van der Waals surface area contributed by atoms with Crippen molar-refractivity contribution in [3.05, 3.63) is 69.9 Å². The number of hydrogen-bond acceptors (Lipinski definition) is 11. The molecule has 2 aliphatic rings. The third-order valence-electron chi connectivity index (χ3n) is 8.70. The highest BCUT2D eigenvalue weighted by molar-refractivity contribution is 7.09. The fourth-order valence-electron chi connectivity index (χ4n) is 6.69. The van der Waals surface area contributed by atoms with Crippen LogP contribution in [0.2, 0.25) is 0 Å². The summed E-state index contributed by atoms with van der Waals surface area (Å²) in [6.07, 6.45) is -7.70. The van der Waals surface area contributed by atoms with Gasteiger partial charge in [-0.15, -0.1) is 11.3 Å². The van der Waals surface area contributed by atoms with Crippen molar-refractivity contribution in [2.75, 3.05) is 6.61 Å². The average molecular weight is 631 g/mol. The van der Waals surface area contributed by atoms with E-state index >= 15 is 0 Å². The second kappa shape index (κ2) is 9.98. The van der Waals surface area contributed by atoms with Gasteiger partial charge in [0.05, 0.1) is 46.3 Å². The number of aliphatic hydroxyl groups excluding tert-OH is 4. The van der Waals surface area contributed by atoms with Crippen LogP contribution in [0.5, 0.6) is 11.5 Å². The van der Waals surface area contributed by atoms with E-state index in [9.17, 15) is 40.2 Å². The number of hydrogen-bond donors (Lipinski definition) is 8. The van der Waals surface area contributed by atoms with Crippen LogP contribution in [0.1, 0.15) is 31.8 Å². The molecule has 0 aliphatic carbocycles. The third-order valence-corrected chi connectivity index (χ3v) is 9.58. The first-order chi connectivity index (χ1) is 21.7. The summed E-state index contributed by atoms with van der Waals surface area (Å²) >= 11 is 1.47. The van der Waals surface area contributed by atoms with E-state index in [4.69, 9.17) is 4.74 Å². The zero-order chi connectivity index (χ0) is 31.3. The van der Waals surface area contributed by atoms with Crippen LogP contribution >= 0.6 is 11.3 Å². The highest BCUT2D eigenvalue weighted by atomic mass is 32.1. The number of aromatic amines is 1. The number of H-pyrrole nitrogens is 1. The number of benzene rings is 3. The number of rotatable bonds is 5. The van der Waals surface area contributed by atoms with Crippen molar-refractivity contribution in [3.63, 3.8) is 0 Å². The van der Waals surface area contributed by atoms with E-state index in [-0.39, 0.29) is 34.7 Å². The number of nitrogens with zero attached hydrogens (tertiary/aromatic N) is 2. The quantitative estimate of drug-likeness (QED) is 0.131. The monoisotopic (exact) mass is 630 g/mol. The highest BCUT2D eigenvalue weighted by Gasteiger charge is 2.47. The third kappa shape index (κ3) is 3.88. The Balaban J connectivity index is 1.49. The van der Waals surface area contributed by atoms with Crippen molar-refractivity contribution >= 4 is 66.8 Å². The van der Waals surface area contributed by atoms with Gasteiger partial charge in [-0.2, -0.15) is 0 Å². The second-order valence-corrected chi connectivity index (χ2v) is 12.3. The smallest absolute Gasteiger partial charge is 0.276 e. The summed E-state index contributed by atoms with van der Waals surface area (Å²) in [5.74, 6) is -1.39. The zero-order valence-electron chi connectivity index (χ0n) is 23.2. The van der Waals surface area contributed by atoms with Crippen LogP contribution < -0.4 is 5.43 Å². The van der Waals surface area contributed by atoms with Crippen LogP contribution in [0.3, 0.4) is 0 Å². The van der Waals surface area contributed by atoms with Gasteiger partial charge in [0.2, 0.25) is 0 Å². The molecule has 6 aromatic rings. The van der Waals surface area contributed by atoms with Gasteiger partial charge in [-0.3, -0.25) is 9.59 Å². The largest absolute Gasteiger partial charge is 0.508 e. The van der Waals surface area contributed by atoms with Crippen LogP contribution in [0, 0.1) is 0 Å². The molecule has 2 amide bonds. The van der Waals surface area contributed by atoms with Crippen molar-refractivity contribution in [1.82, 2.24) is 20.0 Å². The molecule has 1 unspecified atom stereocenters. The van der Waals surface area contributed by atoms with Gasteiger partial charge in [-0.25, -0.2) is 10.4 Å². The molecule has 0 radical (unpaired) electrons. The van der Waals surface area contributed by atoms with E-state index in [1.54, 1.807) is 12.1 Å². The van der Waals surface area contributed by atoms with E-state index < -0.39 is 49.1 Å². The molecule has 0 saturated carbocycles. The molecule has 45 heavy (non-hydrogen) atoms. The second-order valence-electron chi connectivity index (χ2n) is 11.2. The first kappa shape index (κ1) is 28.0. The number of aliphatic hydroxyl groups is 4. The minimum Gasteiger partial charge on any atom is -0.508 e. The number of imide groups is 1. The number of nitrogens with one attached hydrogen (secondary N) is 2. The molecule has 2 aliphatic heterocycles. The topological polar surface area (TPSA) is 201 Å². The van der Waals surface area contributed by atoms with Crippen LogP contribution in [0.4, 0.5) is 0 Å². The van der Waals surface area contributed by atoms with Crippen LogP contribution in [-0.4, -0.2) is 88.0 Å². The lowest BCUT2D eigenvalue weighted by molar-refractivity contribution is -0.249. The number of carbonyl (C=O) groups excluding carboxylic acids is 2. The fourth-order valence-corrected chi connectivity index (χ4v) is 7.32. The number of aromatic nitrogens is 2. The molecule has 0 bridgehead atoms. The Labute approximate surface area is 256 Å². The molecule has 3 aromatic heterocycles. The molecule has 8 N–H and O–H groups in total. The molecule has 1 saturated heterocycles. The predicted molar refractivity (Wildman–Crippen MR) is 163 cm³/mol. The van der Waals surface area contributed by atoms with Crippen molar-refractivity contribution < 1.29 is 45.0 Å². The number of fused-ring (bicyclic) bond motifs is 10. The molecule has 5 heterocycles. The maximum Gasteiger partial charge on any atom is 0.276 e. The standard InChI is InChI=1S/C31H26N4O9S/c36-11-19-26(39)27(40)28(41)31(44-19)34-18-9-13(38)4-6-16(18)21-23-22(29(42)35(30(23)43)32-10-14-2-1-7-45-14)20-15-5-3-12(37)8-17(15)33-24(20)25(21)34/h1-9,19,26-28,31-33,36-41H,10-11H2/t19-,26-,27+,28-,31?/m0/s1. The summed E-state index contributed by atoms with van der Waals surface area (Å²) in [4.78, 5) is 32.5. The van der Waals surface area contributed by atoms with Gasteiger partial charge < -0.3 is 44.9 Å². The van der Waals surface area contributed by atoms with Gasteiger partial charge in [0.15, 0.2) is 6.23 Å². The molecule has 13 nitrogen and oxygen atoms in total. The molecular weight excluding hydrogens is 604 g/mol. The molecular formula is C31H26N4O9S. The Kier molecular flexibility index (Phi) is 6.21. The number of phenols is 2. The maximum atomic E-state index is 14.2. The number of hydrazine groups is 1. The Morgan fingerprint density at radius 1 is 0.889 bits per heavy atom. The average Bonchev–Trinajstić information content (AvgIpc) is 3.79. The number of thiophene rings is 1. The number of amides is 2. The van der Waals surface area contributed by atoms with Gasteiger partial charge >= 0.3 is 0 Å². The van der Waals surface area contributed by atoms with Crippen molar-refractivity contribution in [2.24, 2.45) is 0 Å². The summed E-state index contributed by atoms with van der Waals surface area (Å²) in [6, 6.07) is 12.7. The Morgan fingerprint density at radius 3 is 2.31 bits per heavy atom. The van der Waals surface area contributed by atoms with Gasteiger partial charge in [-0.1, -0.05) is 6.07 Å². The summed E-state index contributed by atoms with van der Waals surface area (Å²) in [5.41, 5.74) is 4.57. The lowest BCUT2D eigenvalue weighted by Gasteiger charge is -2.41. The Bertz CT molecular complexity index is 2190. The number of phenolic OH excluding ortho intramolecular Hbond substituents is 2. The normalized spacial score (nSPS) is 23.7. The van der Waals surface area contributed by atoms with Gasteiger partial charge in [0, 0.05) is 38.6 Å². The molecule has 8 rings (SSSR count). The lowest BCUT2D eigenvalue weighted by Crippen LogP contribution is -2.56. The predicted octanol–water partition coefficient (Wildman–Crippen LogP) is 2.17. The van der Waals surface area contributed by atoms with Gasteiger partial charge in [-0.05, 0) is 35.7 Å². The molecule has 14 heteroatoms. The van der Waals surface area contributed by atoms with Gasteiger partial charge in [0.25, 0.3) is 11.8 Å². The minimum atomic E-state index is -1.71. The first-order valence-electron chi connectivity index (χ1n) is 14.1. The Hall–Kier alpha value is -4.54. The summed E-state index contributed by atoms with van der Waals surface area (Å²) in [5, 5.41) is 67.8. The summed E-state index contributed by atoms with van der Waals surface area (Å²) in [7, 11) is 0. The van der Waals surface area contributed by atoms with E-state index in [1.165, 1.54) is 40.2 Å². The number of aromatic hydroxyl groups is 2. The van der Waals surface area contributed by atoms with Crippen molar-refractivity contribution in [1.29, 1.82) is 0 Å². The molecule has 5 atom stereocenters. The molecule has 230 valence electrons. The minimum absolute atomic E-state index is 0.0389. The number of carbonyl (C=O) groups is 2. The van der Waals surface area contributed by atoms with Crippen LogP contribution in [-0.2, 0) is 11.3 Å². The molecule has 0 spiro atoms. The van der Waals surface area contributed by atoms with Crippen LogP contribution in [0.15, 0.2) is 53.9 Å².